The van der Waals surface area contributed by atoms with Crippen LogP contribution >= 0.6 is 22.9 Å². The summed E-state index contributed by atoms with van der Waals surface area (Å²) in [5.41, 5.74) is 0. The van der Waals surface area contributed by atoms with Crippen LogP contribution in [0.3, 0.4) is 0 Å². The van der Waals surface area contributed by atoms with Crippen molar-refractivity contribution in [3.63, 3.8) is 0 Å². The fourth-order valence-electron chi connectivity index (χ4n) is 1.86. The zero-order chi connectivity index (χ0) is 15.6. The van der Waals surface area contributed by atoms with E-state index in [-0.39, 0.29) is 16.4 Å². The molecule has 2 rings (SSSR count). The molecule has 0 radical (unpaired) electrons. The highest BCUT2D eigenvalue weighted by Crippen LogP contribution is 2.36. The third-order valence-electron chi connectivity index (χ3n) is 2.75. The first-order chi connectivity index (χ1) is 9.93. The molecular weight excluding hydrogens is 317 g/mol. The van der Waals surface area contributed by atoms with Gasteiger partial charge in [-0.1, -0.05) is 17.7 Å². The van der Waals surface area contributed by atoms with E-state index in [9.17, 15) is 14.0 Å². The molecule has 1 aromatic carbocycles. The summed E-state index contributed by atoms with van der Waals surface area (Å²) in [4.78, 5) is 24.5. The maximum Gasteiger partial charge on any atom is 0.323 e. The average Bonchev–Trinajstić information content (AvgIpc) is 2.73. The number of benzene rings is 1. The van der Waals surface area contributed by atoms with Crippen LogP contribution in [0.25, 0.3) is 10.1 Å². The van der Waals surface area contributed by atoms with E-state index >= 15 is 0 Å². The van der Waals surface area contributed by atoms with Gasteiger partial charge in [0.1, 0.15) is 17.2 Å². The van der Waals surface area contributed by atoms with Gasteiger partial charge in [0.2, 0.25) is 0 Å². The molecule has 0 aliphatic heterocycles. The van der Waals surface area contributed by atoms with E-state index in [0.29, 0.717) is 10.1 Å². The van der Waals surface area contributed by atoms with Gasteiger partial charge in [-0.25, -0.2) is 4.39 Å². The number of amides is 1. The molecule has 110 valence electrons. The van der Waals surface area contributed by atoms with Crippen LogP contribution in [0, 0.1) is 5.82 Å². The van der Waals surface area contributed by atoms with Crippen LogP contribution < -0.4 is 0 Å². The Bertz CT molecular complexity index is 728. The summed E-state index contributed by atoms with van der Waals surface area (Å²) in [7, 11) is 0. The highest BCUT2D eigenvalue weighted by Gasteiger charge is 2.23. The number of thiophene rings is 1. The Kier molecular flexibility index (Phi) is 4.59. The summed E-state index contributed by atoms with van der Waals surface area (Å²) < 4.78 is 13.7. The van der Waals surface area contributed by atoms with Crippen molar-refractivity contribution in [3.05, 3.63) is 46.6 Å². The van der Waals surface area contributed by atoms with Gasteiger partial charge >= 0.3 is 5.97 Å². The van der Waals surface area contributed by atoms with E-state index in [1.54, 1.807) is 0 Å². The molecule has 1 aromatic heterocycles. The van der Waals surface area contributed by atoms with Crippen molar-refractivity contribution in [2.45, 2.75) is 0 Å². The fraction of sp³-hybridized carbons (Fsp3) is 0.143. The molecule has 0 saturated carbocycles. The fourth-order valence-corrected chi connectivity index (χ4v) is 3.36. The third-order valence-corrected chi connectivity index (χ3v) is 4.39. The first-order valence-electron chi connectivity index (χ1n) is 5.93. The standard InChI is InChI=1S/C14H11ClFNO3S/c1-2-5-17(7-11(18)19)14(20)13-12(15)9-4-3-8(16)6-10(9)21-13/h2-4,6H,1,5,7H2,(H,18,19). The number of fused-ring (bicyclic) bond motifs is 1. The number of aliphatic carboxylic acids is 1. The predicted molar refractivity (Wildman–Crippen MR) is 80.5 cm³/mol. The van der Waals surface area contributed by atoms with Crippen LogP contribution in [0.5, 0.6) is 0 Å². The molecule has 0 aliphatic rings. The SMILES string of the molecule is C=CCN(CC(=O)O)C(=O)c1sc2cc(F)ccc2c1Cl. The lowest BCUT2D eigenvalue weighted by Crippen LogP contribution is -2.35. The summed E-state index contributed by atoms with van der Waals surface area (Å²) in [5.74, 6) is -2.06. The lowest BCUT2D eigenvalue weighted by atomic mass is 10.2. The Morgan fingerprint density at radius 2 is 2.19 bits per heavy atom. The summed E-state index contributed by atoms with van der Waals surface area (Å²) >= 11 is 7.19. The van der Waals surface area contributed by atoms with Crippen molar-refractivity contribution in [2.75, 3.05) is 13.1 Å². The lowest BCUT2D eigenvalue weighted by molar-refractivity contribution is -0.137. The van der Waals surface area contributed by atoms with Gasteiger partial charge in [-0.05, 0) is 18.2 Å². The van der Waals surface area contributed by atoms with E-state index in [4.69, 9.17) is 16.7 Å². The van der Waals surface area contributed by atoms with Gasteiger partial charge < -0.3 is 10.0 Å². The number of rotatable bonds is 5. The molecule has 1 amide bonds. The minimum absolute atomic E-state index is 0.0874. The number of carbonyl (C=O) groups excluding carboxylic acids is 1. The molecule has 7 heteroatoms. The zero-order valence-electron chi connectivity index (χ0n) is 10.8. The normalized spacial score (nSPS) is 10.6. The average molecular weight is 328 g/mol. The first kappa shape index (κ1) is 15.5. The summed E-state index contributed by atoms with van der Waals surface area (Å²) in [6.45, 7) is 3.13. The molecule has 2 aromatic rings. The molecule has 0 aliphatic carbocycles. The predicted octanol–water partition coefficient (Wildman–Crippen LogP) is 3.41. The molecule has 0 atom stereocenters. The van der Waals surface area contributed by atoms with Crippen molar-refractivity contribution in [1.29, 1.82) is 0 Å². The van der Waals surface area contributed by atoms with Crippen molar-refractivity contribution in [1.82, 2.24) is 4.90 Å². The molecular formula is C14H11ClFNO3S. The van der Waals surface area contributed by atoms with Crippen molar-refractivity contribution >= 4 is 44.9 Å². The molecule has 1 N–H and O–H groups in total. The molecule has 0 saturated heterocycles. The third kappa shape index (κ3) is 3.22. The van der Waals surface area contributed by atoms with E-state index < -0.39 is 24.2 Å². The Labute approximate surface area is 129 Å². The van der Waals surface area contributed by atoms with Crippen LogP contribution in [0.15, 0.2) is 30.9 Å². The number of nitrogens with zero attached hydrogens (tertiary/aromatic N) is 1. The molecule has 0 unspecified atom stereocenters. The van der Waals surface area contributed by atoms with Gasteiger partial charge in [0.05, 0.1) is 5.02 Å². The molecule has 21 heavy (non-hydrogen) atoms. The van der Waals surface area contributed by atoms with Gasteiger partial charge in [0.15, 0.2) is 0 Å². The summed E-state index contributed by atoms with van der Waals surface area (Å²) in [6.07, 6.45) is 1.43. The van der Waals surface area contributed by atoms with Gasteiger partial charge in [-0.15, -0.1) is 17.9 Å². The first-order valence-corrected chi connectivity index (χ1v) is 7.13. The van der Waals surface area contributed by atoms with Gasteiger partial charge in [0, 0.05) is 16.6 Å². The van der Waals surface area contributed by atoms with Crippen LogP contribution in [0.4, 0.5) is 4.39 Å². The summed E-state index contributed by atoms with van der Waals surface area (Å²) in [5, 5.41) is 9.62. The second-order valence-electron chi connectivity index (χ2n) is 4.25. The number of hydrogen-bond acceptors (Lipinski definition) is 3. The second-order valence-corrected chi connectivity index (χ2v) is 5.68. The van der Waals surface area contributed by atoms with E-state index in [1.165, 1.54) is 24.3 Å². The second kappa shape index (κ2) is 6.24. The molecule has 0 fully saturated rings. The Hall–Kier alpha value is -1.92. The lowest BCUT2D eigenvalue weighted by Gasteiger charge is -2.18. The number of hydrogen-bond donors (Lipinski definition) is 1. The van der Waals surface area contributed by atoms with Crippen LogP contribution in [-0.4, -0.2) is 35.0 Å². The topological polar surface area (TPSA) is 57.6 Å². The Morgan fingerprint density at radius 1 is 1.48 bits per heavy atom. The number of halogens is 2. The number of carbonyl (C=O) groups is 2. The number of carboxylic acids is 1. The van der Waals surface area contributed by atoms with Crippen LogP contribution in [-0.2, 0) is 4.79 Å². The monoisotopic (exact) mass is 327 g/mol. The van der Waals surface area contributed by atoms with Gasteiger partial charge in [0.25, 0.3) is 5.91 Å². The maximum absolute atomic E-state index is 13.2. The Balaban J connectivity index is 2.43. The highest BCUT2D eigenvalue weighted by molar-refractivity contribution is 7.21. The maximum atomic E-state index is 13.2. The molecule has 4 nitrogen and oxygen atoms in total. The van der Waals surface area contributed by atoms with Crippen LogP contribution in [0.1, 0.15) is 9.67 Å². The van der Waals surface area contributed by atoms with E-state index in [2.05, 4.69) is 6.58 Å². The van der Waals surface area contributed by atoms with Gasteiger partial charge in [-0.3, -0.25) is 9.59 Å². The Morgan fingerprint density at radius 3 is 2.81 bits per heavy atom. The molecule has 0 spiro atoms. The number of carboxylic acid groups (broad SMARTS) is 1. The van der Waals surface area contributed by atoms with E-state index in [0.717, 1.165) is 16.2 Å². The van der Waals surface area contributed by atoms with Crippen molar-refractivity contribution < 1.29 is 19.1 Å². The smallest absolute Gasteiger partial charge is 0.323 e. The quantitative estimate of drug-likeness (QED) is 0.856. The van der Waals surface area contributed by atoms with Crippen molar-refractivity contribution in [3.8, 4) is 0 Å². The minimum Gasteiger partial charge on any atom is -0.480 e. The van der Waals surface area contributed by atoms with Crippen LogP contribution in [0.2, 0.25) is 5.02 Å². The van der Waals surface area contributed by atoms with Crippen molar-refractivity contribution in [2.24, 2.45) is 0 Å². The highest BCUT2D eigenvalue weighted by atomic mass is 35.5. The zero-order valence-corrected chi connectivity index (χ0v) is 12.4. The largest absolute Gasteiger partial charge is 0.480 e. The van der Waals surface area contributed by atoms with Gasteiger partial charge in [-0.2, -0.15) is 0 Å². The minimum atomic E-state index is -1.13. The molecule has 1 heterocycles. The summed E-state index contributed by atoms with van der Waals surface area (Å²) in [6, 6.07) is 4.04. The molecule has 0 bridgehead atoms. The van der Waals surface area contributed by atoms with E-state index in [1.807, 2.05) is 0 Å².